The first-order valence-electron chi connectivity index (χ1n) is 19.4. The van der Waals surface area contributed by atoms with Crippen LogP contribution in [-0.2, 0) is 9.47 Å². The smallest absolute Gasteiger partial charge is 0.412 e. The summed E-state index contributed by atoms with van der Waals surface area (Å²) in [5, 5.41) is 1.45. The lowest BCUT2D eigenvalue weighted by Gasteiger charge is -2.31. The average Bonchev–Trinajstić information content (AvgIpc) is 3.46. The Balaban J connectivity index is 1.34. The zero-order chi connectivity index (χ0) is 41.7. The minimum atomic E-state index is -4.06. The number of hydrogen-bond acceptors (Lipinski definition) is 10. The van der Waals surface area contributed by atoms with E-state index in [-0.39, 0.29) is 61.4 Å². The molecule has 4 fully saturated rings. The molecule has 0 spiro atoms. The zero-order valence-corrected chi connectivity index (χ0v) is 29.3. The van der Waals surface area contributed by atoms with Gasteiger partial charge in [0, 0.05) is 48.3 Å². The van der Waals surface area contributed by atoms with E-state index in [1.165, 1.54) is 4.90 Å². The molecule has 1 amide bonds. The third kappa shape index (κ3) is 6.48. The molecule has 54 heavy (non-hydrogen) atoms. The van der Waals surface area contributed by atoms with Crippen LogP contribution in [0.5, 0.6) is 11.8 Å². The van der Waals surface area contributed by atoms with Gasteiger partial charge in [-0.3, -0.25) is 15.2 Å². The summed E-state index contributed by atoms with van der Waals surface area (Å²) in [6.45, 7) is -1.20. The number of benzene rings is 2. The number of nitrogens with zero attached hydrogens (tertiary/aromatic N) is 5. The van der Waals surface area contributed by atoms with E-state index in [9.17, 15) is 13.6 Å². The first kappa shape index (κ1) is 31.7. The third-order valence-corrected chi connectivity index (χ3v) is 10.2. The van der Waals surface area contributed by atoms with Crippen LogP contribution in [0.1, 0.15) is 45.5 Å². The van der Waals surface area contributed by atoms with Gasteiger partial charge >= 0.3 is 12.1 Å². The summed E-state index contributed by atoms with van der Waals surface area (Å²) < 4.78 is 146. The van der Waals surface area contributed by atoms with Crippen molar-refractivity contribution in [3.63, 3.8) is 0 Å². The predicted octanol–water partition coefficient (Wildman–Crippen LogP) is 7.04. The summed E-state index contributed by atoms with van der Waals surface area (Å²) in [6, 6.07) is 1.37. The topological polar surface area (TPSA) is 111 Å². The van der Waals surface area contributed by atoms with Crippen molar-refractivity contribution in [2.75, 3.05) is 56.4 Å². The number of anilines is 2. The Morgan fingerprint density at radius 1 is 1.13 bits per heavy atom. The van der Waals surface area contributed by atoms with E-state index < -0.39 is 106 Å². The van der Waals surface area contributed by atoms with Crippen LogP contribution >= 0.6 is 0 Å². The summed E-state index contributed by atoms with van der Waals surface area (Å²) in [4.78, 5) is 29.0. The number of carbonyl (C=O) groups excluding carboxylic acids is 1. The number of aromatic nitrogens is 3. The maximum Gasteiger partial charge on any atom is 0.412 e. The van der Waals surface area contributed by atoms with Crippen LogP contribution in [0.2, 0.25) is 0 Å². The first-order valence-corrected chi connectivity index (χ1v) is 17.4. The Kier molecular flexibility index (Phi) is 7.97. The van der Waals surface area contributed by atoms with Crippen molar-refractivity contribution >= 4 is 39.3 Å². The minimum absolute atomic E-state index is 0.0128. The van der Waals surface area contributed by atoms with E-state index in [1.54, 1.807) is 25.7 Å². The maximum atomic E-state index is 17.4. The molecule has 288 valence electrons. The molecule has 0 unspecified atom stereocenters. The number of fused-ring (bicyclic) bond motifs is 4. The van der Waals surface area contributed by atoms with Gasteiger partial charge in [0.1, 0.15) is 44.3 Å². The van der Waals surface area contributed by atoms with Gasteiger partial charge in [-0.15, -0.1) is 0 Å². The van der Waals surface area contributed by atoms with E-state index in [1.807, 2.05) is 0 Å². The van der Waals surface area contributed by atoms with Crippen molar-refractivity contribution in [1.82, 2.24) is 19.9 Å². The molecule has 4 aromatic rings. The number of ether oxygens (including phenoxy) is 4. The fraction of sp³-hybridized carbons (Fsp3) is 0.514. The molecular formula is C37H38F6N6O5. The van der Waals surface area contributed by atoms with Crippen molar-refractivity contribution in [3.05, 3.63) is 41.8 Å². The Labute approximate surface area is 311 Å². The van der Waals surface area contributed by atoms with Crippen LogP contribution in [0.25, 0.3) is 32.9 Å². The number of carbonyl (C=O) groups is 1. The lowest BCUT2D eigenvalue weighted by molar-refractivity contribution is 0.0636. The second-order valence-corrected chi connectivity index (χ2v) is 14.9. The van der Waals surface area contributed by atoms with Crippen LogP contribution in [0.15, 0.2) is 24.4 Å². The van der Waals surface area contributed by atoms with Gasteiger partial charge in [-0.2, -0.15) is 14.4 Å². The summed E-state index contributed by atoms with van der Waals surface area (Å²) in [7, 11) is 0. The molecule has 1 N–H and O–H groups in total. The van der Waals surface area contributed by atoms with Crippen molar-refractivity contribution in [2.45, 2.75) is 69.6 Å². The van der Waals surface area contributed by atoms with Gasteiger partial charge in [0.05, 0.1) is 32.9 Å². The molecule has 0 bridgehead atoms. The van der Waals surface area contributed by atoms with Crippen LogP contribution in [0.3, 0.4) is 0 Å². The number of alkyl halides is 3. The van der Waals surface area contributed by atoms with Crippen LogP contribution in [0, 0.1) is 23.4 Å². The lowest BCUT2D eigenvalue weighted by atomic mass is 9.95. The Bertz CT molecular complexity index is 2320. The molecule has 2 aromatic heterocycles. The fourth-order valence-corrected chi connectivity index (χ4v) is 7.83. The number of nitrogens with one attached hydrogen (secondary N) is 1. The Morgan fingerprint density at radius 3 is 2.72 bits per heavy atom. The molecule has 2 aromatic carbocycles. The second kappa shape index (κ2) is 13.6. The highest BCUT2D eigenvalue weighted by atomic mass is 19.2. The van der Waals surface area contributed by atoms with Gasteiger partial charge in [0.25, 0.3) is 0 Å². The molecule has 5 atom stereocenters. The minimum Gasteiger partial charge on any atom is -0.461 e. The lowest BCUT2D eigenvalue weighted by Crippen LogP contribution is -2.43. The number of amides is 1. The summed E-state index contributed by atoms with van der Waals surface area (Å²) in [6.07, 6.45) is -1.94. The van der Waals surface area contributed by atoms with Crippen molar-refractivity contribution in [2.24, 2.45) is 5.92 Å². The van der Waals surface area contributed by atoms with Crippen LogP contribution in [-0.4, -0.2) is 102 Å². The third-order valence-electron chi connectivity index (χ3n) is 10.2. The first-order chi connectivity index (χ1) is 27.2. The maximum absolute atomic E-state index is 17.4. The van der Waals surface area contributed by atoms with Gasteiger partial charge in [-0.1, -0.05) is 0 Å². The van der Waals surface area contributed by atoms with E-state index in [4.69, 9.17) is 19.7 Å². The SMILES string of the molecule is [2H]C([2H])(F)Oc1c(F)c(F)cc2cc(NC(=O)OC(C)(C)C)cc(-c3ncc4c(N5CCOC[C@H]6[C@H](F)[C@H]65)nc(OC([2H])([2H])[C@@]56CCCN5C[C@H](F)C6)nc4c3F)c12. The second-order valence-electron chi connectivity index (χ2n) is 14.9. The molecule has 3 saturated heterocycles. The summed E-state index contributed by atoms with van der Waals surface area (Å²) in [5.74, 6) is -6.63. The average molecular weight is 765 g/mol. The van der Waals surface area contributed by atoms with Crippen molar-refractivity contribution < 1.29 is 55.6 Å². The molecule has 4 aliphatic rings. The quantitative estimate of drug-likeness (QED) is 0.188. The zero-order valence-electron chi connectivity index (χ0n) is 33.3. The fourth-order valence-electron chi connectivity index (χ4n) is 7.83. The van der Waals surface area contributed by atoms with Crippen molar-refractivity contribution in [1.29, 1.82) is 0 Å². The van der Waals surface area contributed by atoms with E-state index >= 15 is 17.6 Å². The standard InChI is InChI=1S/C37H38F6N6O5/c1-36(2,3)54-35(50)45-20-9-18-10-24(40)27(42)32(53-17-38)25(18)21(11-20)29-28(43)30-22(13-44-29)33(49-7-8-51-15-23-26(41)31(23)49)47-34(46-30)52-16-37-5-4-6-48(37)14-19(39)12-37/h9-11,13,19,23,26,31H,4-8,12,14-17H2,1-3H3,(H,45,50)/t19-,23+,26+,31+,37+/m1/s1/i16D2,17D2. The molecule has 3 aliphatic heterocycles. The monoisotopic (exact) mass is 764 g/mol. The Morgan fingerprint density at radius 2 is 1.94 bits per heavy atom. The van der Waals surface area contributed by atoms with E-state index in [0.717, 1.165) is 18.3 Å². The summed E-state index contributed by atoms with van der Waals surface area (Å²) in [5.41, 5.74) is -4.24. The highest BCUT2D eigenvalue weighted by Crippen LogP contribution is 2.46. The summed E-state index contributed by atoms with van der Waals surface area (Å²) >= 11 is 0. The number of pyridine rings is 1. The largest absolute Gasteiger partial charge is 0.461 e. The molecule has 11 nitrogen and oxygen atoms in total. The molecule has 5 heterocycles. The van der Waals surface area contributed by atoms with Gasteiger partial charge in [0.2, 0.25) is 12.6 Å². The van der Waals surface area contributed by atoms with E-state index in [0.29, 0.717) is 19.0 Å². The van der Waals surface area contributed by atoms with Crippen LogP contribution in [0.4, 0.5) is 42.6 Å². The van der Waals surface area contributed by atoms with Gasteiger partial charge < -0.3 is 23.8 Å². The number of hydrogen-bond donors (Lipinski definition) is 1. The highest BCUT2D eigenvalue weighted by Gasteiger charge is 2.56. The molecule has 0 radical (unpaired) electrons. The molecule has 1 aliphatic carbocycles. The van der Waals surface area contributed by atoms with Gasteiger partial charge in [0.15, 0.2) is 17.4 Å². The molecule has 1 saturated carbocycles. The van der Waals surface area contributed by atoms with E-state index in [2.05, 4.69) is 25.0 Å². The number of halogens is 6. The van der Waals surface area contributed by atoms with Crippen molar-refractivity contribution in [3.8, 4) is 23.0 Å². The highest BCUT2D eigenvalue weighted by molar-refractivity contribution is 6.05. The van der Waals surface area contributed by atoms with Crippen LogP contribution < -0.4 is 19.7 Å². The molecular weight excluding hydrogens is 722 g/mol. The molecule has 8 rings (SSSR count). The Hall–Kier alpha value is -4.64. The molecule has 17 heteroatoms. The van der Waals surface area contributed by atoms with Gasteiger partial charge in [-0.25, -0.2) is 26.7 Å². The number of rotatable bonds is 8. The predicted molar refractivity (Wildman–Crippen MR) is 185 cm³/mol. The van der Waals surface area contributed by atoms with Gasteiger partial charge in [-0.05, 0) is 63.7 Å². The normalized spacial score (nSPS) is 27.0.